The Labute approximate surface area is 93.7 Å². The van der Waals surface area contributed by atoms with Crippen LogP contribution in [-0.4, -0.2) is 16.8 Å². The first-order chi connectivity index (χ1) is 7.31. The standard InChI is InChI=1S/C11H15N3S/c1-9-11(5-12-2)6-13-14(9)7-10-3-4-15-8-10/h3-4,6,8,12H,5,7H2,1-2H3. The van der Waals surface area contributed by atoms with Gasteiger partial charge < -0.3 is 5.32 Å². The molecule has 0 amide bonds. The molecule has 2 aromatic heterocycles. The first kappa shape index (κ1) is 10.4. The lowest BCUT2D eigenvalue weighted by atomic mass is 10.2. The van der Waals surface area contributed by atoms with Crippen molar-refractivity contribution in [3.63, 3.8) is 0 Å². The first-order valence-corrected chi connectivity index (χ1v) is 5.92. The summed E-state index contributed by atoms with van der Waals surface area (Å²) in [7, 11) is 1.95. The van der Waals surface area contributed by atoms with Crippen LogP contribution in [0.1, 0.15) is 16.8 Å². The third-order valence-electron chi connectivity index (χ3n) is 2.48. The molecule has 0 aliphatic heterocycles. The van der Waals surface area contributed by atoms with Crippen molar-refractivity contribution in [3.8, 4) is 0 Å². The van der Waals surface area contributed by atoms with E-state index < -0.39 is 0 Å². The molecule has 80 valence electrons. The average molecular weight is 221 g/mol. The van der Waals surface area contributed by atoms with Crippen molar-refractivity contribution in [1.82, 2.24) is 15.1 Å². The highest BCUT2D eigenvalue weighted by molar-refractivity contribution is 7.07. The fraction of sp³-hybridized carbons (Fsp3) is 0.364. The highest BCUT2D eigenvalue weighted by atomic mass is 32.1. The van der Waals surface area contributed by atoms with Crippen LogP contribution in [0.15, 0.2) is 23.0 Å². The number of nitrogens with one attached hydrogen (secondary N) is 1. The van der Waals surface area contributed by atoms with Gasteiger partial charge in [-0.2, -0.15) is 16.4 Å². The van der Waals surface area contributed by atoms with Gasteiger partial charge in [0.05, 0.1) is 12.7 Å². The van der Waals surface area contributed by atoms with E-state index in [9.17, 15) is 0 Å². The van der Waals surface area contributed by atoms with Gasteiger partial charge in [0.15, 0.2) is 0 Å². The van der Waals surface area contributed by atoms with Gasteiger partial charge in [-0.3, -0.25) is 4.68 Å². The van der Waals surface area contributed by atoms with Gasteiger partial charge in [0.2, 0.25) is 0 Å². The summed E-state index contributed by atoms with van der Waals surface area (Å²) >= 11 is 1.73. The molecular formula is C11H15N3S. The minimum atomic E-state index is 0.874. The Morgan fingerprint density at radius 1 is 1.53 bits per heavy atom. The Bertz CT molecular complexity index is 417. The topological polar surface area (TPSA) is 29.9 Å². The first-order valence-electron chi connectivity index (χ1n) is 4.98. The van der Waals surface area contributed by atoms with Crippen LogP contribution in [0, 0.1) is 6.92 Å². The van der Waals surface area contributed by atoms with Gasteiger partial charge in [0.25, 0.3) is 0 Å². The van der Waals surface area contributed by atoms with E-state index in [0.29, 0.717) is 0 Å². The van der Waals surface area contributed by atoms with Crippen molar-refractivity contribution in [2.75, 3.05) is 7.05 Å². The Morgan fingerprint density at radius 3 is 3.07 bits per heavy atom. The largest absolute Gasteiger partial charge is 0.316 e. The van der Waals surface area contributed by atoms with E-state index in [4.69, 9.17) is 0 Å². The van der Waals surface area contributed by atoms with E-state index in [-0.39, 0.29) is 0 Å². The van der Waals surface area contributed by atoms with Gasteiger partial charge in [0, 0.05) is 17.8 Å². The smallest absolute Gasteiger partial charge is 0.0670 e. The summed E-state index contributed by atoms with van der Waals surface area (Å²) < 4.78 is 2.05. The van der Waals surface area contributed by atoms with Crippen LogP contribution in [-0.2, 0) is 13.1 Å². The molecule has 2 aromatic rings. The van der Waals surface area contributed by atoms with Crippen molar-refractivity contribution in [3.05, 3.63) is 39.8 Å². The highest BCUT2D eigenvalue weighted by Gasteiger charge is 2.05. The molecule has 2 rings (SSSR count). The zero-order valence-electron chi connectivity index (χ0n) is 9.03. The molecule has 0 saturated heterocycles. The molecule has 0 unspecified atom stereocenters. The summed E-state index contributed by atoms with van der Waals surface area (Å²) in [5.41, 5.74) is 3.84. The molecule has 0 radical (unpaired) electrons. The molecule has 1 N–H and O–H groups in total. The van der Waals surface area contributed by atoms with Crippen molar-refractivity contribution in [2.24, 2.45) is 0 Å². The number of hydrogen-bond donors (Lipinski definition) is 1. The quantitative estimate of drug-likeness (QED) is 0.856. The van der Waals surface area contributed by atoms with Crippen LogP contribution >= 0.6 is 11.3 Å². The summed E-state index contributed by atoms with van der Waals surface area (Å²) in [5.74, 6) is 0. The fourth-order valence-corrected chi connectivity index (χ4v) is 2.22. The molecule has 2 heterocycles. The second-order valence-corrected chi connectivity index (χ2v) is 4.35. The lowest BCUT2D eigenvalue weighted by Gasteiger charge is -2.03. The second kappa shape index (κ2) is 4.59. The van der Waals surface area contributed by atoms with E-state index in [1.807, 2.05) is 13.2 Å². The van der Waals surface area contributed by atoms with Gasteiger partial charge >= 0.3 is 0 Å². The maximum Gasteiger partial charge on any atom is 0.0670 e. The zero-order valence-corrected chi connectivity index (χ0v) is 9.84. The molecule has 4 heteroatoms. The molecule has 0 aromatic carbocycles. The predicted octanol–water partition coefficient (Wildman–Crippen LogP) is 2.02. The van der Waals surface area contributed by atoms with Crippen molar-refractivity contribution in [1.29, 1.82) is 0 Å². The summed E-state index contributed by atoms with van der Waals surface area (Å²) in [6, 6.07) is 2.14. The molecule has 0 saturated carbocycles. The van der Waals surface area contributed by atoms with Gasteiger partial charge in [-0.05, 0) is 36.4 Å². The van der Waals surface area contributed by atoms with Crippen LogP contribution < -0.4 is 5.32 Å². The molecule has 15 heavy (non-hydrogen) atoms. The number of thiophene rings is 1. The van der Waals surface area contributed by atoms with Crippen LogP contribution in [0.5, 0.6) is 0 Å². The lowest BCUT2D eigenvalue weighted by molar-refractivity contribution is 0.663. The van der Waals surface area contributed by atoms with Crippen LogP contribution in [0.25, 0.3) is 0 Å². The third kappa shape index (κ3) is 2.27. The van der Waals surface area contributed by atoms with Gasteiger partial charge in [-0.25, -0.2) is 0 Å². The lowest BCUT2D eigenvalue weighted by Crippen LogP contribution is -2.07. The highest BCUT2D eigenvalue weighted by Crippen LogP contribution is 2.12. The maximum atomic E-state index is 4.39. The Kier molecular flexibility index (Phi) is 3.18. The molecule has 0 spiro atoms. The number of nitrogens with zero attached hydrogens (tertiary/aromatic N) is 2. The molecule has 0 aliphatic carbocycles. The van der Waals surface area contributed by atoms with E-state index in [1.54, 1.807) is 11.3 Å². The number of aromatic nitrogens is 2. The number of hydrogen-bond acceptors (Lipinski definition) is 3. The fourth-order valence-electron chi connectivity index (χ4n) is 1.56. The molecule has 3 nitrogen and oxygen atoms in total. The SMILES string of the molecule is CNCc1cnn(Cc2ccsc2)c1C. The monoisotopic (exact) mass is 221 g/mol. The van der Waals surface area contributed by atoms with Crippen LogP contribution in [0.2, 0.25) is 0 Å². The van der Waals surface area contributed by atoms with Crippen LogP contribution in [0.3, 0.4) is 0 Å². The van der Waals surface area contributed by atoms with Gasteiger partial charge in [0.1, 0.15) is 0 Å². The Morgan fingerprint density at radius 2 is 2.40 bits per heavy atom. The van der Waals surface area contributed by atoms with Crippen molar-refractivity contribution in [2.45, 2.75) is 20.0 Å². The average Bonchev–Trinajstić information content (AvgIpc) is 2.83. The van der Waals surface area contributed by atoms with Crippen molar-refractivity contribution >= 4 is 11.3 Å². The molecule has 0 atom stereocenters. The van der Waals surface area contributed by atoms with E-state index >= 15 is 0 Å². The van der Waals surface area contributed by atoms with E-state index in [2.05, 4.69) is 38.8 Å². The summed E-state index contributed by atoms with van der Waals surface area (Å²) in [4.78, 5) is 0. The van der Waals surface area contributed by atoms with Gasteiger partial charge in [-0.15, -0.1) is 0 Å². The maximum absolute atomic E-state index is 4.39. The number of rotatable bonds is 4. The Balaban J connectivity index is 2.15. The van der Waals surface area contributed by atoms with Crippen molar-refractivity contribution < 1.29 is 0 Å². The Hall–Kier alpha value is -1.13. The summed E-state index contributed by atoms with van der Waals surface area (Å²) in [5, 5.41) is 11.8. The molecular weight excluding hydrogens is 206 g/mol. The van der Waals surface area contributed by atoms with E-state index in [0.717, 1.165) is 13.1 Å². The molecule has 0 aliphatic rings. The molecule has 0 fully saturated rings. The zero-order chi connectivity index (χ0) is 10.7. The van der Waals surface area contributed by atoms with E-state index in [1.165, 1.54) is 16.8 Å². The minimum absolute atomic E-state index is 0.874. The summed E-state index contributed by atoms with van der Waals surface area (Å²) in [6.07, 6.45) is 1.94. The second-order valence-electron chi connectivity index (χ2n) is 3.57. The molecule has 0 bridgehead atoms. The summed E-state index contributed by atoms with van der Waals surface area (Å²) in [6.45, 7) is 3.88. The van der Waals surface area contributed by atoms with Crippen LogP contribution in [0.4, 0.5) is 0 Å². The third-order valence-corrected chi connectivity index (χ3v) is 3.22. The normalized spacial score (nSPS) is 10.8. The predicted molar refractivity (Wildman–Crippen MR) is 63.1 cm³/mol. The van der Waals surface area contributed by atoms with Gasteiger partial charge in [-0.1, -0.05) is 0 Å². The minimum Gasteiger partial charge on any atom is -0.316 e.